The molecule has 12 heavy (non-hydrogen) atoms. The molecule has 0 amide bonds. The number of ether oxygens (including phenoxy) is 1. The van der Waals surface area contributed by atoms with Crippen LogP contribution in [0.15, 0.2) is 0 Å². The number of hydrogen-bond acceptors (Lipinski definition) is 2. The van der Waals surface area contributed by atoms with Crippen LogP contribution in [0, 0.1) is 0 Å². The van der Waals surface area contributed by atoms with Crippen molar-refractivity contribution in [3.05, 3.63) is 0 Å². The molecule has 0 aromatic rings. The smallest absolute Gasteiger partial charge is 0.187 e. The first-order valence-electron chi connectivity index (χ1n) is 4.87. The van der Waals surface area contributed by atoms with E-state index in [9.17, 15) is 0 Å². The lowest BCUT2D eigenvalue weighted by Crippen LogP contribution is -2.33. The Hall–Kier alpha value is 0.137. The minimum absolute atomic E-state index is 0.0965. The monoisotopic (exact) mass is 188 g/mol. The SMILES string of the molecule is C[Si](C)(C)OC1CCCCCO1. The summed E-state index contributed by atoms with van der Waals surface area (Å²) >= 11 is 0. The van der Waals surface area contributed by atoms with Crippen LogP contribution >= 0.6 is 0 Å². The second kappa shape index (κ2) is 4.39. The molecule has 1 heterocycles. The predicted octanol–water partition coefficient (Wildman–Crippen LogP) is 2.75. The van der Waals surface area contributed by atoms with Gasteiger partial charge in [-0.25, -0.2) is 0 Å². The number of rotatable bonds is 2. The molecule has 0 radical (unpaired) electrons. The van der Waals surface area contributed by atoms with Gasteiger partial charge in [-0.05, 0) is 38.9 Å². The quantitative estimate of drug-likeness (QED) is 0.620. The van der Waals surface area contributed by atoms with Crippen LogP contribution in [0.4, 0.5) is 0 Å². The summed E-state index contributed by atoms with van der Waals surface area (Å²) in [5, 5.41) is 0. The van der Waals surface area contributed by atoms with Gasteiger partial charge in [-0.2, -0.15) is 0 Å². The highest BCUT2D eigenvalue weighted by atomic mass is 28.4. The third-order valence-electron chi connectivity index (χ3n) is 1.87. The molecule has 2 nitrogen and oxygen atoms in total. The van der Waals surface area contributed by atoms with Crippen LogP contribution in [-0.4, -0.2) is 21.2 Å². The maximum absolute atomic E-state index is 5.88. The molecule has 1 atom stereocenters. The summed E-state index contributed by atoms with van der Waals surface area (Å²) in [6, 6.07) is 0. The molecule has 0 bridgehead atoms. The Morgan fingerprint density at radius 2 is 1.92 bits per heavy atom. The minimum atomic E-state index is -1.39. The van der Waals surface area contributed by atoms with Gasteiger partial charge in [0.25, 0.3) is 0 Å². The van der Waals surface area contributed by atoms with Gasteiger partial charge in [0.05, 0.1) is 0 Å². The van der Waals surface area contributed by atoms with E-state index in [4.69, 9.17) is 9.16 Å². The molecule has 0 aromatic heterocycles. The van der Waals surface area contributed by atoms with Crippen LogP contribution in [0.3, 0.4) is 0 Å². The fourth-order valence-corrected chi connectivity index (χ4v) is 2.35. The fourth-order valence-electron chi connectivity index (χ4n) is 1.38. The van der Waals surface area contributed by atoms with Crippen LogP contribution in [-0.2, 0) is 9.16 Å². The van der Waals surface area contributed by atoms with Gasteiger partial charge in [0.1, 0.15) is 6.29 Å². The van der Waals surface area contributed by atoms with E-state index in [0.717, 1.165) is 13.0 Å². The van der Waals surface area contributed by atoms with Crippen molar-refractivity contribution in [3.8, 4) is 0 Å². The summed E-state index contributed by atoms with van der Waals surface area (Å²) in [5.74, 6) is 0. The van der Waals surface area contributed by atoms with E-state index in [1.54, 1.807) is 0 Å². The lowest BCUT2D eigenvalue weighted by Gasteiger charge is -2.24. The maximum Gasteiger partial charge on any atom is 0.187 e. The average Bonchev–Trinajstić information content (AvgIpc) is 2.12. The van der Waals surface area contributed by atoms with Crippen molar-refractivity contribution in [3.63, 3.8) is 0 Å². The third kappa shape index (κ3) is 4.23. The van der Waals surface area contributed by atoms with Crippen molar-refractivity contribution in [1.82, 2.24) is 0 Å². The van der Waals surface area contributed by atoms with E-state index in [1.165, 1.54) is 19.3 Å². The first-order valence-corrected chi connectivity index (χ1v) is 8.28. The van der Waals surface area contributed by atoms with Crippen LogP contribution in [0.1, 0.15) is 25.7 Å². The normalized spacial score (nSPS) is 26.8. The van der Waals surface area contributed by atoms with Crippen molar-refractivity contribution in [2.75, 3.05) is 6.61 Å². The van der Waals surface area contributed by atoms with E-state index >= 15 is 0 Å². The lowest BCUT2D eigenvalue weighted by molar-refractivity contribution is -0.0822. The Kier molecular flexibility index (Phi) is 3.74. The van der Waals surface area contributed by atoms with E-state index in [0.29, 0.717) is 0 Å². The molecule has 1 saturated heterocycles. The molecule has 0 spiro atoms. The Bertz CT molecular complexity index is 123. The zero-order chi connectivity index (χ0) is 9.03. The van der Waals surface area contributed by atoms with E-state index in [2.05, 4.69) is 19.6 Å². The average molecular weight is 188 g/mol. The molecule has 1 aliphatic rings. The molecular formula is C9H20O2Si. The molecule has 0 saturated carbocycles. The zero-order valence-electron chi connectivity index (χ0n) is 8.43. The van der Waals surface area contributed by atoms with Gasteiger partial charge < -0.3 is 9.16 Å². The summed E-state index contributed by atoms with van der Waals surface area (Å²) in [7, 11) is -1.39. The summed E-state index contributed by atoms with van der Waals surface area (Å²) in [6.45, 7) is 7.51. The summed E-state index contributed by atoms with van der Waals surface area (Å²) in [5.41, 5.74) is 0. The van der Waals surface area contributed by atoms with Gasteiger partial charge in [0, 0.05) is 6.61 Å². The number of hydrogen-bond donors (Lipinski definition) is 0. The van der Waals surface area contributed by atoms with E-state index < -0.39 is 8.32 Å². The molecule has 1 aliphatic heterocycles. The van der Waals surface area contributed by atoms with Crippen molar-refractivity contribution in [1.29, 1.82) is 0 Å². The van der Waals surface area contributed by atoms with Gasteiger partial charge >= 0.3 is 0 Å². The highest BCUT2D eigenvalue weighted by Crippen LogP contribution is 2.17. The Balaban J connectivity index is 2.30. The second-order valence-electron chi connectivity index (χ2n) is 4.38. The first kappa shape index (κ1) is 10.2. The van der Waals surface area contributed by atoms with Crippen LogP contribution in [0.5, 0.6) is 0 Å². The highest BCUT2D eigenvalue weighted by molar-refractivity contribution is 6.69. The Morgan fingerprint density at radius 1 is 1.17 bits per heavy atom. The van der Waals surface area contributed by atoms with Gasteiger partial charge in [0.15, 0.2) is 8.32 Å². The van der Waals surface area contributed by atoms with Gasteiger partial charge in [-0.15, -0.1) is 0 Å². The molecule has 0 N–H and O–H groups in total. The zero-order valence-corrected chi connectivity index (χ0v) is 9.43. The molecule has 72 valence electrons. The third-order valence-corrected chi connectivity index (χ3v) is 2.84. The highest BCUT2D eigenvalue weighted by Gasteiger charge is 2.22. The molecule has 1 unspecified atom stereocenters. The summed E-state index contributed by atoms with van der Waals surface area (Å²) in [6.07, 6.45) is 4.94. The molecule has 0 aromatic carbocycles. The second-order valence-corrected chi connectivity index (χ2v) is 8.84. The molecule has 1 fully saturated rings. The van der Waals surface area contributed by atoms with Gasteiger partial charge in [-0.3, -0.25) is 0 Å². The van der Waals surface area contributed by atoms with Crippen LogP contribution in [0.2, 0.25) is 19.6 Å². The van der Waals surface area contributed by atoms with E-state index in [-0.39, 0.29) is 6.29 Å². The lowest BCUT2D eigenvalue weighted by atomic mass is 10.2. The molecule has 3 heteroatoms. The molecule has 1 rings (SSSR count). The largest absolute Gasteiger partial charge is 0.393 e. The van der Waals surface area contributed by atoms with Crippen molar-refractivity contribution in [2.45, 2.75) is 51.6 Å². The first-order chi connectivity index (χ1) is 5.58. The summed E-state index contributed by atoms with van der Waals surface area (Å²) in [4.78, 5) is 0. The Morgan fingerprint density at radius 3 is 2.58 bits per heavy atom. The minimum Gasteiger partial charge on any atom is -0.393 e. The molecule has 0 aliphatic carbocycles. The van der Waals surface area contributed by atoms with Crippen molar-refractivity contribution in [2.24, 2.45) is 0 Å². The fraction of sp³-hybridized carbons (Fsp3) is 1.00. The summed E-state index contributed by atoms with van der Waals surface area (Å²) < 4.78 is 11.5. The van der Waals surface area contributed by atoms with Crippen molar-refractivity contribution >= 4 is 8.32 Å². The molecular weight excluding hydrogens is 168 g/mol. The maximum atomic E-state index is 5.88. The Labute approximate surface area is 76.4 Å². The predicted molar refractivity (Wildman–Crippen MR) is 52.6 cm³/mol. The van der Waals surface area contributed by atoms with E-state index in [1.807, 2.05) is 0 Å². The topological polar surface area (TPSA) is 18.5 Å². The van der Waals surface area contributed by atoms with Crippen LogP contribution < -0.4 is 0 Å². The standard InChI is InChI=1S/C9H20O2Si/c1-12(2,3)11-9-7-5-4-6-8-10-9/h9H,4-8H2,1-3H3. The van der Waals surface area contributed by atoms with Gasteiger partial charge in [-0.1, -0.05) is 6.42 Å². The van der Waals surface area contributed by atoms with Crippen LogP contribution in [0.25, 0.3) is 0 Å². The van der Waals surface area contributed by atoms with Crippen molar-refractivity contribution < 1.29 is 9.16 Å². The van der Waals surface area contributed by atoms with Gasteiger partial charge in [0.2, 0.25) is 0 Å².